The molecule has 1 saturated carbocycles. The molecule has 3 atom stereocenters. The molecule has 0 heterocycles. The molecule has 1 aromatic carbocycles. The summed E-state index contributed by atoms with van der Waals surface area (Å²) in [5.74, 6) is 0.387. The van der Waals surface area contributed by atoms with Crippen LogP contribution in [0.1, 0.15) is 38.2 Å². The Hall–Kier alpha value is -1.16. The summed E-state index contributed by atoms with van der Waals surface area (Å²) in [6, 6.07) is 3.65. The van der Waals surface area contributed by atoms with Crippen molar-refractivity contribution < 1.29 is 9.31 Å². The first-order valence-electron chi connectivity index (χ1n) is 7.08. The average molecular weight is 300 g/mol. The van der Waals surface area contributed by atoms with Gasteiger partial charge in [-0.1, -0.05) is 13.3 Å². The number of nitro groups is 1. The van der Waals surface area contributed by atoms with Gasteiger partial charge in [0.15, 0.2) is 0 Å². The van der Waals surface area contributed by atoms with E-state index < -0.39 is 10.7 Å². The van der Waals surface area contributed by atoms with Crippen molar-refractivity contribution in [2.45, 2.75) is 44.4 Å². The largest absolute Gasteiger partial charge is 0.272 e. The monoisotopic (exact) mass is 299 g/mol. The van der Waals surface area contributed by atoms with Crippen molar-refractivity contribution in [3.63, 3.8) is 0 Å². The molecule has 5 heteroatoms. The summed E-state index contributed by atoms with van der Waals surface area (Å²) in [5.41, 5.74) is 0.455. The summed E-state index contributed by atoms with van der Waals surface area (Å²) in [7, 11) is 0. The minimum atomic E-state index is -0.446. The molecule has 0 saturated heterocycles. The second-order valence-electron chi connectivity index (χ2n) is 5.60. The molecule has 3 nitrogen and oxygen atoms in total. The smallest absolute Gasteiger partial charge is 0.258 e. The van der Waals surface area contributed by atoms with Crippen LogP contribution in [0.25, 0.3) is 0 Å². The van der Waals surface area contributed by atoms with Crippen molar-refractivity contribution in [3.05, 3.63) is 39.7 Å². The first-order valence-corrected chi connectivity index (χ1v) is 7.51. The van der Waals surface area contributed by atoms with E-state index in [2.05, 4.69) is 6.92 Å². The van der Waals surface area contributed by atoms with E-state index in [1.165, 1.54) is 12.1 Å². The van der Waals surface area contributed by atoms with Gasteiger partial charge in [-0.3, -0.25) is 10.1 Å². The fraction of sp³-hybridized carbons (Fsp3) is 0.600. The summed E-state index contributed by atoms with van der Waals surface area (Å²) >= 11 is 6.36. The number of halogens is 2. The van der Waals surface area contributed by atoms with E-state index in [4.69, 9.17) is 11.6 Å². The number of nitrogens with zero attached hydrogens (tertiary/aromatic N) is 1. The second kappa shape index (κ2) is 6.53. The van der Waals surface area contributed by atoms with Crippen molar-refractivity contribution in [3.8, 4) is 0 Å². The Kier molecular flexibility index (Phi) is 4.97. The Labute approximate surface area is 123 Å². The summed E-state index contributed by atoms with van der Waals surface area (Å²) in [6.07, 6.45) is 4.61. The predicted molar refractivity (Wildman–Crippen MR) is 77.5 cm³/mol. The van der Waals surface area contributed by atoms with E-state index in [9.17, 15) is 14.5 Å². The minimum absolute atomic E-state index is 0.00566. The third-order valence-corrected chi connectivity index (χ3v) is 4.87. The maximum atomic E-state index is 13.3. The highest BCUT2D eigenvalue weighted by Gasteiger charge is 2.30. The van der Waals surface area contributed by atoms with Crippen LogP contribution in [-0.4, -0.2) is 10.3 Å². The van der Waals surface area contributed by atoms with E-state index in [-0.39, 0.29) is 17.0 Å². The van der Waals surface area contributed by atoms with Gasteiger partial charge < -0.3 is 0 Å². The number of alkyl halides is 1. The predicted octanol–water partition coefficient (Wildman–Crippen LogP) is 4.71. The van der Waals surface area contributed by atoms with Gasteiger partial charge in [-0.25, -0.2) is 4.39 Å². The lowest BCUT2D eigenvalue weighted by molar-refractivity contribution is -0.385. The maximum absolute atomic E-state index is 13.3. The third-order valence-electron chi connectivity index (χ3n) is 4.30. The van der Waals surface area contributed by atoms with Gasteiger partial charge in [0, 0.05) is 17.0 Å². The van der Waals surface area contributed by atoms with Crippen molar-refractivity contribution in [2.75, 3.05) is 0 Å². The Morgan fingerprint density at radius 3 is 2.85 bits per heavy atom. The fourth-order valence-corrected chi connectivity index (χ4v) is 3.40. The average Bonchev–Trinajstić information content (AvgIpc) is 2.41. The van der Waals surface area contributed by atoms with Crippen molar-refractivity contribution in [1.82, 2.24) is 0 Å². The van der Waals surface area contributed by atoms with Crippen molar-refractivity contribution in [1.29, 1.82) is 0 Å². The number of nitro benzene ring substituents is 1. The molecule has 0 aromatic heterocycles. The molecule has 2 rings (SSSR count). The topological polar surface area (TPSA) is 43.1 Å². The molecule has 0 N–H and O–H groups in total. The lowest BCUT2D eigenvalue weighted by Crippen LogP contribution is -2.27. The lowest BCUT2D eigenvalue weighted by atomic mass is 9.77. The number of rotatable bonds is 4. The van der Waals surface area contributed by atoms with Gasteiger partial charge in [0.1, 0.15) is 5.82 Å². The zero-order valence-corrected chi connectivity index (χ0v) is 12.3. The standard InChI is InChI=1S/C15H19ClFNO2/c1-2-10-3-5-14(16)11(7-10)8-12-9-13(17)4-6-15(12)18(19)20/h4,6,9-11,14H,2-3,5,7-8H2,1H3. The molecule has 1 aromatic rings. The Morgan fingerprint density at radius 1 is 1.45 bits per heavy atom. The van der Waals surface area contributed by atoms with E-state index in [0.717, 1.165) is 31.7 Å². The van der Waals surface area contributed by atoms with E-state index in [0.29, 0.717) is 17.9 Å². The second-order valence-corrected chi connectivity index (χ2v) is 6.16. The van der Waals surface area contributed by atoms with Crippen LogP contribution in [0.3, 0.4) is 0 Å². The van der Waals surface area contributed by atoms with Crippen LogP contribution in [0.5, 0.6) is 0 Å². The molecule has 0 radical (unpaired) electrons. The molecule has 3 unspecified atom stereocenters. The van der Waals surface area contributed by atoms with Gasteiger partial charge in [0.2, 0.25) is 0 Å². The van der Waals surface area contributed by atoms with Crippen LogP contribution in [-0.2, 0) is 6.42 Å². The first-order chi connectivity index (χ1) is 9.51. The summed E-state index contributed by atoms with van der Waals surface area (Å²) in [5, 5.41) is 11.1. The third kappa shape index (κ3) is 3.48. The quantitative estimate of drug-likeness (QED) is 0.459. The van der Waals surface area contributed by atoms with Gasteiger partial charge in [0.05, 0.1) is 4.92 Å². The van der Waals surface area contributed by atoms with Gasteiger partial charge in [-0.05, 0) is 49.7 Å². The van der Waals surface area contributed by atoms with Crippen LogP contribution in [0.4, 0.5) is 10.1 Å². The molecular formula is C15H19ClFNO2. The normalized spacial score (nSPS) is 26.4. The SMILES string of the molecule is CCC1CCC(Cl)C(Cc2cc(F)ccc2[N+](=O)[O-])C1. The van der Waals surface area contributed by atoms with Crippen LogP contribution < -0.4 is 0 Å². The molecule has 1 aliphatic carbocycles. The Morgan fingerprint density at radius 2 is 2.20 bits per heavy atom. The number of benzene rings is 1. The Bertz CT molecular complexity index is 495. The zero-order chi connectivity index (χ0) is 14.7. The van der Waals surface area contributed by atoms with Gasteiger partial charge in [-0.15, -0.1) is 11.6 Å². The molecule has 1 fully saturated rings. The van der Waals surface area contributed by atoms with E-state index >= 15 is 0 Å². The highest BCUT2D eigenvalue weighted by Crippen LogP contribution is 2.37. The Balaban J connectivity index is 2.19. The maximum Gasteiger partial charge on any atom is 0.272 e. The van der Waals surface area contributed by atoms with E-state index in [1.54, 1.807) is 0 Å². The molecule has 110 valence electrons. The van der Waals surface area contributed by atoms with Crippen LogP contribution in [0, 0.1) is 27.8 Å². The zero-order valence-electron chi connectivity index (χ0n) is 11.5. The van der Waals surface area contributed by atoms with E-state index in [1.807, 2.05) is 0 Å². The lowest BCUT2D eigenvalue weighted by Gasteiger charge is -2.32. The summed E-state index contributed by atoms with van der Waals surface area (Å²) in [4.78, 5) is 10.6. The van der Waals surface area contributed by atoms with Crippen LogP contribution in [0.15, 0.2) is 18.2 Å². The molecule has 0 spiro atoms. The fourth-order valence-electron chi connectivity index (χ4n) is 3.08. The summed E-state index contributed by atoms with van der Waals surface area (Å²) < 4.78 is 13.3. The van der Waals surface area contributed by atoms with Gasteiger partial charge in [-0.2, -0.15) is 0 Å². The van der Waals surface area contributed by atoms with Crippen molar-refractivity contribution in [2.24, 2.45) is 11.8 Å². The number of hydrogen-bond acceptors (Lipinski definition) is 2. The van der Waals surface area contributed by atoms with Gasteiger partial charge >= 0.3 is 0 Å². The highest BCUT2D eigenvalue weighted by atomic mass is 35.5. The molecule has 0 bridgehead atoms. The highest BCUT2D eigenvalue weighted by molar-refractivity contribution is 6.20. The molecule has 20 heavy (non-hydrogen) atoms. The molecule has 1 aliphatic rings. The van der Waals surface area contributed by atoms with Crippen LogP contribution >= 0.6 is 11.6 Å². The summed E-state index contributed by atoms with van der Waals surface area (Å²) in [6.45, 7) is 2.15. The molecule has 0 aliphatic heterocycles. The molecular weight excluding hydrogens is 281 g/mol. The number of hydrogen-bond donors (Lipinski definition) is 0. The van der Waals surface area contributed by atoms with Gasteiger partial charge in [0.25, 0.3) is 5.69 Å². The minimum Gasteiger partial charge on any atom is -0.258 e. The van der Waals surface area contributed by atoms with Crippen LogP contribution in [0.2, 0.25) is 0 Å². The first kappa shape index (κ1) is 15.2. The molecule has 0 amide bonds. The van der Waals surface area contributed by atoms with Crippen molar-refractivity contribution >= 4 is 17.3 Å².